The molecule has 0 atom stereocenters. The highest BCUT2D eigenvalue weighted by molar-refractivity contribution is 7.99. The molecule has 2 rings (SSSR count). The zero-order chi connectivity index (χ0) is 16.3. The van der Waals surface area contributed by atoms with Gasteiger partial charge in [-0.25, -0.2) is 13.2 Å². The Labute approximate surface area is 137 Å². The maximum Gasteiger partial charge on any atom is 0.335 e. The van der Waals surface area contributed by atoms with Crippen LogP contribution in [-0.2, 0) is 10.0 Å². The highest BCUT2D eigenvalue weighted by Crippen LogP contribution is 2.30. The molecule has 0 bridgehead atoms. The van der Waals surface area contributed by atoms with Crippen molar-refractivity contribution in [3.05, 3.63) is 53.1 Å². The summed E-state index contributed by atoms with van der Waals surface area (Å²) < 4.78 is 27.2. The summed E-state index contributed by atoms with van der Waals surface area (Å²) in [5.74, 6) is -1.07. The van der Waals surface area contributed by atoms with E-state index in [1.54, 1.807) is 18.4 Å². The van der Waals surface area contributed by atoms with Crippen LogP contribution in [0.1, 0.15) is 10.4 Å². The first-order chi connectivity index (χ1) is 10.3. The van der Waals surface area contributed by atoms with Crippen molar-refractivity contribution in [1.82, 2.24) is 0 Å². The van der Waals surface area contributed by atoms with Crippen LogP contribution in [0.5, 0.6) is 0 Å². The van der Waals surface area contributed by atoms with Crippen LogP contribution >= 0.6 is 23.4 Å². The average Bonchev–Trinajstić information content (AvgIpc) is 2.47. The molecule has 116 valence electrons. The number of rotatable bonds is 5. The van der Waals surface area contributed by atoms with E-state index in [9.17, 15) is 13.2 Å². The van der Waals surface area contributed by atoms with Crippen LogP contribution in [0, 0.1) is 0 Å². The molecule has 0 amide bonds. The highest BCUT2D eigenvalue weighted by atomic mass is 35.5. The molecule has 0 aliphatic heterocycles. The fraction of sp³-hybridized carbons (Fsp3) is 0.0714. The minimum atomic E-state index is -3.85. The third-order valence-corrected chi connectivity index (χ3v) is 5.46. The Balaban J connectivity index is 2.42. The molecular weight excluding hydrogens is 346 g/mol. The lowest BCUT2D eigenvalue weighted by Crippen LogP contribution is -2.14. The van der Waals surface area contributed by atoms with Gasteiger partial charge < -0.3 is 5.11 Å². The maximum atomic E-state index is 12.4. The van der Waals surface area contributed by atoms with Crippen LogP contribution in [0.2, 0.25) is 5.02 Å². The van der Waals surface area contributed by atoms with E-state index in [-0.39, 0.29) is 15.5 Å². The standard InChI is InChI=1S/C14H12ClNO4S2/c1-21-12-8-9(14(17)18)6-7-11(12)16-22(19,20)13-5-3-2-4-10(13)15/h2-8,16H,1H3,(H,17,18). The van der Waals surface area contributed by atoms with Gasteiger partial charge in [-0.2, -0.15) is 0 Å². The first kappa shape index (κ1) is 16.7. The van der Waals surface area contributed by atoms with Gasteiger partial charge in [-0.15, -0.1) is 11.8 Å². The molecule has 0 saturated carbocycles. The second-order valence-corrected chi connectivity index (χ2v) is 7.16. The number of benzene rings is 2. The maximum absolute atomic E-state index is 12.4. The molecule has 22 heavy (non-hydrogen) atoms. The second-order valence-electron chi connectivity index (χ2n) is 4.26. The largest absolute Gasteiger partial charge is 0.478 e. The van der Waals surface area contributed by atoms with Gasteiger partial charge in [0.25, 0.3) is 10.0 Å². The van der Waals surface area contributed by atoms with Crippen molar-refractivity contribution in [3.8, 4) is 0 Å². The van der Waals surface area contributed by atoms with Crippen LogP contribution in [0.25, 0.3) is 0 Å². The Bertz CT molecular complexity index is 821. The van der Waals surface area contributed by atoms with Gasteiger partial charge in [0, 0.05) is 4.90 Å². The monoisotopic (exact) mass is 357 g/mol. The molecule has 0 fully saturated rings. The average molecular weight is 358 g/mol. The van der Waals surface area contributed by atoms with Gasteiger partial charge in [0.2, 0.25) is 0 Å². The molecule has 0 unspecified atom stereocenters. The summed E-state index contributed by atoms with van der Waals surface area (Å²) in [4.78, 5) is 11.4. The molecule has 0 aliphatic carbocycles. The van der Waals surface area contributed by atoms with Crippen LogP contribution in [-0.4, -0.2) is 25.7 Å². The van der Waals surface area contributed by atoms with Gasteiger partial charge >= 0.3 is 5.97 Å². The van der Waals surface area contributed by atoms with E-state index in [1.165, 1.54) is 42.1 Å². The predicted molar refractivity (Wildman–Crippen MR) is 87.4 cm³/mol. The van der Waals surface area contributed by atoms with Gasteiger partial charge in [-0.1, -0.05) is 23.7 Å². The molecule has 8 heteroatoms. The number of anilines is 1. The zero-order valence-electron chi connectivity index (χ0n) is 11.4. The second kappa shape index (κ2) is 6.60. The van der Waals surface area contributed by atoms with Crippen LogP contribution in [0.4, 0.5) is 5.69 Å². The van der Waals surface area contributed by atoms with Crippen molar-refractivity contribution >= 4 is 45.0 Å². The molecule has 0 aromatic heterocycles. The Morgan fingerprint density at radius 3 is 2.50 bits per heavy atom. The number of hydrogen-bond donors (Lipinski definition) is 2. The van der Waals surface area contributed by atoms with E-state index >= 15 is 0 Å². The molecular formula is C14H12ClNO4S2. The van der Waals surface area contributed by atoms with E-state index in [2.05, 4.69) is 4.72 Å². The summed E-state index contributed by atoms with van der Waals surface area (Å²) in [5, 5.41) is 9.09. The number of carbonyl (C=O) groups is 1. The summed E-state index contributed by atoms with van der Waals surface area (Å²) >= 11 is 7.16. The van der Waals surface area contributed by atoms with Crippen LogP contribution in [0.15, 0.2) is 52.3 Å². The summed E-state index contributed by atoms with van der Waals surface area (Å²) in [6.07, 6.45) is 1.73. The van der Waals surface area contributed by atoms with Crippen LogP contribution < -0.4 is 4.72 Å². The lowest BCUT2D eigenvalue weighted by molar-refractivity contribution is 0.0696. The van der Waals surface area contributed by atoms with Gasteiger partial charge in [-0.05, 0) is 36.6 Å². The minimum absolute atomic E-state index is 0.0361. The first-order valence-electron chi connectivity index (χ1n) is 6.04. The van der Waals surface area contributed by atoms with Crippen molar-refractivity contribution in [2.24, 2.45) is 0 Å². The summed E-state index contributed by atoms with van der Waals surface area (Å²) in [5.41, 5.74) is 0.391. The summed E-state index contributed by atoms with van der Waals surface area (Å²) in [6, 6.07) is 10.3. The van der Waals surface area contributed by atoms with E-state index in [0.29, 0.717) is 10.6 Å². The fourth-order valence-corrected chi connectivity index (χ4v) is 4.02. The molecule has 0 radical (unpaired) electrons. The number of nitrogens with one attached hydrogen (secondary N) is 1. The Kier molecular flexibility index (Phi) is 5.00. The Morgan fingerprint density at radius 1 is 1.23 bits per heavy atom. The third kappa shape index (κ3) is 3.55. The smallest absolute Gasteiger partial charge is 0.335 e. The summed E-state index contributed by atoms with van der Waals surface area (Å²) in [6.45, 7) is 0. The summed E-state index contributed by atoms with van der Waals surface area (Å²) in [7, 11) is -3.85. The number of hydrogen-bond acceptors (Lipinski definition) is 4. The van der Waals surface area contributed by atoms with Crippen molar-refractivity contribution in [2.45, 2.75) is 9.79 Å². The molecule has 2 N–H and O–H groups in total. The predicted octanol–water partition coefficient (Wildman–Crippen LogP) is 3.56. The SMILES string of the molecule is CSc1cc(C(=O)O)ccc1NS(=O)(=O)c1ccccc1Cl. The number of carboxylic acids is 1. The van der Waals surface area contributed by atoms with Gasteiger partial charge in [0.15, 0.2) is 0 Å². The number of thioether (sulfide) groups is 1. The van der Waals surface area contributed by atoms with E-state index in [4.69, 9.17) is 16.7 Å². The van der Waals surface area contributed by atoms with Crippen molar-refractivity contribution in [3.63, 3.8) is 0 Å². The Morgan fingerprint density at radius 2 is 1.91 bits per heavy atom. The third-order valence-electron chi connectivity index (χ3n) is 2.82. The number of aromatic carboxylic acids is 1. The van der Waals surface area contributed by atoms with E-state index < -0.39 is 16.0 Å². The van der Waals surface area contributed by atoms with Crippen molar-refractivity contribution < 1.29 is 18.3 Å². The number of sulfonamides is 1. The lowest BCUT2D eigenvalue weighted by Gasteiger charge is -2.12. The molecule has 0 aliphatic rings. The number of carboxylic acid groups (broad SMARTS) is 1. The highest BCUT2D eigenvalue weighted by Gasteiger charge is 2.19. The molecule has 0 spiro atoms. The molecule has 2 aromatic carbocycles. The van der Waals surface area contributed by atoms with E-state index in [1.807, 2.05) is 0 Å². The van der Waals surface area contributed by atoms with Gasteiger partial charge in [0.05, 0.1) is 16.3 Å². The molecule has 0 heterocycles. The van der Waals surface area contributed by atoms with Gasteiger partial charge in [0.1, 0.15) is 4.90 Å². The molecule has 0 saturated heterocycles. The minimum Gasteiger partial charge on any atom is -0.478 e. The fourth-order valence-electron chi connectivity index (χ4n) is 1.77. The van der Waals surface area contributed by atoms with Gasteiger partial charge in [-0.3, -0.25) is 4.72 Å². The van der Waals surface area contributed by atoms with E-state index in [0.717, 1.165) is 0 Å². The Hall–Kier alpha value is -1.70. The van der Waals surface area contributed by atoms with Crippen LogP contribution in [0.3, 0.4) is 0 Å². The van der Waals surface area contributed by atoms with Crippen molar-refractivity contribution in [1.29, 1.82) is 0 Å². The normalized spacial score (nSPS) is 11.2. The zero-order valence-corrected chi connectivity index (χ0v) is 13.8. The first-order valence-corrected chi connectivity index (χ1v) is 9.12. The lowest BCUT2D eigenvalue weighted by atomic mass is 10.2. The van der Waals surface area contributed by atoms with Crippen molar-refractivity contribution in [2.75, 3.05) is 11.0 Å². The molecule has 2 aromatic rings. The number of halogens is 1. The molecule has 5 nitrogen and oxygen atoms in total. The quantitative estimate of drug-likeness (QED) is 0.799. The topological polar surface area (TPSA) is 83.5 Å².